The van der Waals surface area contributed by atoms with Crippen LogP contribution in [-0.2, 0) is 4.74 Å². The van der Waals surface area contributed by atoms with Crippen molar-refractivity contribution in [2.24, 2.45) is 5.41 Å². The van der Waals surface area contributed by atoms with E-state index < -0.39 is 5.60 Å². The summed E-state index contributed by atoms with van der Waals surface area (Å²) in [5, 5.41) is 2.89. The van der Waals surface area contributed by atoms with Crippen LogP contribution >= 0.6 is 0 Å². The number of nitrogens with one attached hydrogen (secondary N) is 1. The topological polar surface area (TPSA) is 38.3 Å². The summed E-state index contributed by atoms with van der Waals surface area (Å²) in [5.74, 6) is 0. The van der Waals surface area contributed by atoms with Crippen molar-refractivity contribution in [3.8, 4) is 0 Å². The molecule has 0 fully saturated rings. The van der Waals surface area contributed by atoms with Crippen molar-refractivity contribution in [3.05, 3.63) is 12.7 Å². The van der Waals surface area contributed by atoms with Gasteiger partial charge in [0.1, 0.15) is 5.60 Å². The Morgan fingerprint density at radius 3 is 2.00 bits per heavy atom. The molecule has 0 aliphatic rings. The van der Waals surface area contributed by atoms with E-state index in [4.69, 9.17) is 4.74 Å². The Kier molecular flexibility index (Phi) is 4.81. The zero-order valence-corrected chi connectivity index (χ0v) is 12.3. The van der Waals surface area contributed by atoms with Gasteiger partial charge in [-0.15, -0.1) is 6.58 Å². The van der Waals surface area contributed by atoms with Gasteiger partial charge in [0.2, 0.25) is 0 Å². The van der Waals surface area contributed by atoms with Gasteiger partial charge in [-0.1, -0.05) is 19.9 Å². The number of rotatable bonds is 4. The molecule has 17 heavy (non-hydrogen) atoms. The second kappa shape index (κ2) is 5.11. The predicted octanol–water partition coefficient (Wildman–Crippen LogP) is 3.89. The van der Waals surface area contributed by atoms with E-state index in [1.54, 1.807) is 0 Å². The van der Waals surface area contributed by atoms with E-state index in [-0.39, 0.29) is 17.0 Å². The highest BCUT2D eigenvalue weighted by Crippen LogP contribution is 2.28. The maximum Gasteiger partial charge on any atom is 0.408 e. The normalized spacial score (nSPS) is 13.1. The molecule has 0 saturated carbocycles. The van der Waals surface area contributed by atoms with Crippen molar-refractivity contribution in [1.29, 1.82) is 0 Å². The van der Waals surface area contributed by atoms with Crippen molar-refractivity contribution < 1.29 is 9.53 Å². The SMILES string of the molecule is C=CC(C)(C)CC(C)(C)NC(=O)OC(C)(C)C. The fraction of sp³-hybridized carbons (Fsp3) is 0.786. The van der Waals surface area contributed by atoms with Gasteiger partial charge in [-0.3, -0.25) is 0 Å². The van der Waals surface area contributed by atoms with Crippen LogP contribution in [0.25, 0.3) is 0 Å². The molecular formula is C14H27NO2. The summed E-state index contributed by atoms with van der Waals surface area (Å²) in [4.78, 5) is 11.7. The molecule has 0 aliphatic heterocycles. The van der Waals surface area contributed by atoms with Gasteiger partial charge >= 0.3 is 6.09 Å². The lowest BCUT2D eigenvalue weighted by atomic mass is 9.80. The Hall–Kier alpha value is -0.990. The minimum absolute atomic E-state index is 0.0154. The number of allylic oxidation sites excluding steroid dienone is 1. The molecule has 3 nitrogen and oxygen atoms in total. The molecule has 0 rings (SSSR count). The first-order valence-electron chi connectivity index (χ1n) is 6.02. The summed E-state index contributed by atoms with van der Waals surface area (Å²) < 4.78 is 5.25. The molecule has 0 radical (unpaired) electrons. The van der Waals surface area contributed by atoms with Gasteiger partial charge in [-0.05, 0) is 46.5 Å². The molecule has 0 aromatic carbocycles. The first-order valence-corrected chi connectivity index (χ1v) is 6.02. The molecule has 3 heteroatoms. The third-order valence-corrected chi connectivity index (χ3v) is 2.29. The lowest BCUT2D eigenvalue weighted by Crippen LogP contribution is -2.47. The van der Waals surface area contributed by atoms with E-state index in [9.17, 15) is 4.79 Å². The number of amides is 1. The minimum Gasteiger partial charge on any atom is -0.444 e. The second-order valence-electron chi connectivity index (χ2n) is 6.88. The fourth-order valence-corrected chi connectivity index (χ4v) is 1.84. The molecule has 0 unspecified atom stereocenters. The highest BCUT2D eigenvalue weighted by atomic mass is 16.6. The summed E-state index contributed by atoms with van der Waals surface area (Å²) in [6, 6.07) is 0. The quantitative estimate of drug-likeness (QED) is 0.758. The van der Waals surface area contributed by atoms with Crippen LogP contribution in [0.15, 0.2) is 12.7 Å². The monoisotopic (exact) mass is 241 g/mol. The average molecular weight is 241 g/mol. The minimum atomic E-state index is -0.464. The van der Waals surface area contributed by atoms with Crippen LogP contribution in [0.2, 0.25) is 0 Å². The zero-order valence-electron chi connectivity index (χ0n) is 12.3. The Morgan fingerprint density at radius 2 is 1.65 bits per heavy atom. The highest BCUT2D eigenvalue weighted by Gasteiger charge is 2.29. The molecular weight excluding hydrogens is 214 g/mol. The number of hydrogen-bond donors (Lipinski definition) is 1. The van der Waals surface area contributed by atoms with E-state index in [1.807, 2.05) is 40.7 Å². The lowest BCUT2D eigenvalue weighted by Gasteiger charge is -2.34. The van der Waals surface area contributed by atoms with Crippen molar-refractivity contribution in [2.45, 2.75) is 66.0 Å². The number of carbonyl (C=O) groups is 1. The van der Waals surface area contributed by atoms with Crippen LogP contribution in [0.3, 0.4) is 0 Å². The highest BCUT2D eigenvalue weighted by molar-refractivity contribution is 5.68. The smallest absolute Gasteiger partial charge is 0.408 e. The Bertz CT molecular complexity index is 285. The Morgan fingerprint density at radius 1 is 1.18 bits per heavy atom. The predicted molar refractivity (Wildman–Crippen MR) is 72.0 cm³/mol. The van der Waals surface area contributed by atoms with Crippen molar-refractivity contribution in [1.82, 2.24) is 5.32 Å². The largest absolute Gasteiger partial charge is 0.444 e. The summed E-state index contributed by atoms with van der Waals surface area (Å²) in [6.45, 7) is 17.5. The van der Waals surface area contributed by atoms with E-state index in [1.165, 1.54) is 0 Å². The molecule has 0 aliphatic carbocycles. The summed E-state index contributed by atoms with van der Waals surface area (Å²) in [7, 11) is 0. The summed E-state index contributed by atoms with van der Waals surface area (Å²) in [5.41, 5.74) is -0.799. The molecule has 0 aromatic rings. The van der Waals surface area contributed by atoms with Gasteiger partial charge in [0.05, 0.1) is 0 Å². The second-order valence-corrected chi connectivity index (χ2v) is 6.88. The maximum absolute atomic E-state index is 11.7. The van der Waals surface area contributed by atoms with E-state index in [0.29, 0.717) is 0 Å². The molecule has 0 saturated heterocycles. The number of ether oxygens (including phenoxy) is 1. The lowest BCUT2D eigenvalue weighted by molar-refractivity contribution is 0.0454. The first kappa shape index (κ1) is 16.0. The molecule has 0 aromatic heterocycles. The average Bonchev–Trinajstić information content (AvgIpc) is 1.96. The summed E-state index contributed by atoms with van der Waals surface area (Å²) >= 11 is 0. The van der Waals surface area contributed by atoms with Crippen LogP contribution in [0.1, 0.15) is 54.9 Å². The van der Waals surface area contributed by atoms with Gasteiger partial charge < -0.3 is 10.1 Å². The first-order chi connectivity index (χ1) is 7.37. The molecule has 1 amide bonds. The Labute approximate surface area is 106 Å². The van der Waals surface area contributed by atoms with E-state index >= 15 is 0 Å². The van der Waals surface area contributed by atoms with Crippen LogP contribution in [0.5, 0.6) is 0 Å². The molecule has 0 bridgehead atoms. The molecule has 0 atom stereocenters. The van der Waals surface area contributed by atoms with Crippen LogP contribution < -0.4 is 5.32 Å². The number of carbonyl (C=O) groups excluding carboxylic acids is 1. The third kappa shape index (κ3) is 7.83. The standard InChI is InChI=1S/C14H27NO2/c1-9-13(5,6)10-14(7,8)15-11(16)17-12(2,3)4/h9H,1,10H2,2-8H3,(H,15,16). The summed E-state index contributed by atoms with van der Waals surface area (Å²) in [6.07, 6.45) is 2.34. The van der Waals surface area contributed by atoms with E-state index in [0.717, 1.165) is 6.42 Å². The van der Waals surface area contributed by atoms with Gasteiger partial charge in [0.15, 0.2) is 0 Å². The molecule has 0 spiro atoms. The van der Waals surface area contributed by atoms with E-state index in [2.05, 4.69) is 25.7 Å². The van der Waals surface area contributed by atoms with Crippen molar-refractivity contribution in [2.75, 3.05) is 0 Å². The van der Waals surface area contributed by atoms with Crippen molar-refractivity contribution in [3.63, 3.8) is 0 Å². The Balaban J connectivity index is 4.45. The van der Waals surface area contributed by atoms with Gasteiger partial charge in [0, 0.05) is 5.54 Å². The third-order valence-electron chi connectivity index (χ3n) is 2.29. The van der Waals surface area contributed by atoms with Crippen LogP contribution in [0, 0.1) is 5.41 Å². The van der Waals surface area contributed by atoms with Gasteiger partial charge in [-0.25, -0.2) is 4.79 Å². The van der Waals surface area contributed by atoms with Crippen LogP contribution in [0.4, 0.5) is 4.79 Å². The molecule has 100 valence electrons. The molecule has 1 N–H and O–H groups in total. The molecule has 0 heterocycles. The van der Waals surface area contributed by atoms with Crippen LogP contribution in [-0.4, -0.2) is 17.2 Å². The van der Waals surface area contributed by atoms with Gasteiger partial charge in [-0.2, -0.15) is 0 Å². The maximum atomic E-state index is 11.7. The number of alkyl carbamates (subject to hydrolysis) is 1. The van der Waals surface area contributed by atoms with Crippen molar-refractivity contribution >= 4 is 6.09 Å². The number of hydrogen-bond acceptors (Lipinski definition) is 2. The fourth-order valence-electron chi connectivity index (χ4n) is 1.84. The zero-order chi connectivity index (χ0) is 13.9. The van der Waals surface area contributed by atoms with Gasteiger partial charge in [0.25, 0.3) is 0 Å².